The van der Waals surface area contributed by atoms with Crippen LogP contribution in [0.25, 0.3) is 0 Å². The summed E-state index contributed by atoms with van der Waals surface area (Å²) in [5, 5.41) is 20.2. The molecule has 1 amide bonds. The number of aliphatic hydroxyl groups is 1. The van der Waals surface area contributed by atoms with E-state index in [2.05, 4.69) is 5.32 Å². The van der Waals surface area contributed by atoms with Crippen LogP contribution in [-0.2, 0) is 4.79 Å². The summed E-state index contributed by atoms with van der Waals surface area (Å²) in [6.45, 7) is 3.17. The maximum Gasteiger partial charge on any atom is 0.328 e. The third kappa shape index (κ3) is 3.04. The van der Waals surface area contributed by atoms with Crippen LogP contribution in [0.15, 0.2) is 12.1 Å². The van der Waals surface area contributed by atoms with E-state index in [0.717, 1.165) is 4.88 Å². The van der Waals surface area contributed by atoms with Gasteiger partial charge in [-0.15, -0.1) is 11.3 Å². The van der Waals surface area contributed by atoms with Gasteiger partial charge in [0.15, 0.2) is 6.04 Å². The summed E-state index contributed by atoms with van der Waals surface area (Å²) < 4.78 is 0. The zero-order valence-electron chi connectivity index (χ0n) is 8.93. The van der Waals surface area contributed by atoms with Gasteiger partial charge in [-0.05, 0) is 26.0 Å². The van der Waals surface area contributed by atoms with Crippen molar-refractivity contribution < 1.29 is 19.8 Å². The monoisotopic (exact) mass is 243 g/mol. The van der Waals surface area contributed by atoms with Crippen molar-refractivity contribution in [3.8, 4) is 0 Å². The summed E-state index contributed by atoms with van der Waals surface area (Å²) in [6.07, 6.45) is -1.14. The SMILES string of the molecule is Cc1ccc(C(=O)N[C@H](C(=O)O)[C@@H](C)O)s1. The Hall–Kier alpha value is -1.40. The van der Waals surface area contributed by atoms with Gasteiger partial charge in [0.1, 0.15) is 0 Å². The second-order valence-corrected chi connectivity index (χ2v) is 4.73. The maximum atomic E-state index is 11.6. The molecule has 3 N–H and O–H groups in total. The summed E-state index contributed by atoms with van der Waals surface area (Å²) >= 11 is 1.27. The smallest absolute Gasteiger partial charge is 0.328 e. The number of aliphatic hydroxyl groups excluding tert-OH is 1. The van der Waals surface area contributed by atoms with Crippen molar-refractivity contribution in [1.29, 1.82) is 0 Å². The Morgan fingerprint density at radius 1 is 1.44 bits per heavy atom. The van der Waals surface area contributed by atoms with E-state index in [1.807, 2.05) is 6.92 Å². The fraction of sp³-hybridized carbons (Fsp3) is 0.400. The van der Waals surface area contributed by atoms with Crippen LogP contribution in [0, 0.1) is 6.92 Å². The Bertz CT molecular complexity index is 399. The van der Waals surface area contributed by atoms with Crippen molar-refractivity contribution in [2.24, 2.45) is 0 Å². The van der Waals surface area contributed by atoms with Crippen LogP contribution in [0.2, 0.25) is 0 Å². The van der Waals surface area contributed by atoms with E-state index in [1.54, 1.807) is 12.1 Å². The zero-order valence-corrected chi connectivity index (χ0v) is 9.75. The topological polar surface area (TPSA) is 86.6 Å². The van der Waals surface area contributed by atoms with Gasteiger partial charge in [-0.3, -0.25) is 4.79 Å². The Morgan fingerprint density at radius 3 is 2.44 bits per heavy atom. The van der Waals surface area contributed by atoms with Gasteiger partial charge in [0, 0.05) is 4.88 Å². The molecule has 1 aromatic rings. The Kier molecular flexibility index (Phi) is 4.03. The van der Waals surface area contributed by atoms with Crippen molar-refractivity contribution in [2.75, 3.05) is 0 Å². The summed E-state index contributed by atoms with van der Waals surface area (Å²) in [5.74, 6) is -1.73. The molecule has 6 heteroatoms. The highest BCUT2D eigenvalue weighted by Gasteiger charge is 2.25. The molecule has 0 aliphatic heterocycles. The number of aliphatic carboxylic acids is 1. The fourth-order valence-electron chi connectivity index (χ4n) is 1.16. The zero-order chi connectivity index (χ0) is 12.3. The van der Waals surface area contributed by atoms with Crippen LogP contribution in [0.4, 0.5) is 0 Å². The molecule has 16 heavy (non-hydrogen) atoms. The molecule has 1 aromatic heterocycles. The molecular weight excluding hydrogens is 230 g/mol. The minimum absolute atomic E-state index is 0.435. The lowest BCUT2D eigenvalue weighted by atomic mass is 10.2. The normalized spacial score (nSPS) is 14.2. The molecular formula is C10H13NO4S. The first-order valence-electron chi connectivity index (χ1n) is 4.70. The first kappa shape index (κ1) is 12.7. The molecule has 0 aliphatic rings. The molecule has 1 heterocycles. The third-order valence-corrected chi connectivity index (χ3v) is 3.00. The van der Waals surface area contributed by atoms with E-state index in [9.17, 15) is 14.7 Å². The molecule has 0 aromatic carbocycles. The van der Waals surface area contributed by atoms with Crippen molar-refractivity contribution in [3.63, 3.8) is 0 Å². The highest BCUT2D eigenvalue weighted by molar-refractivity contribution is 7.13. The van der Waals surface area contributed by atoms with Gasteiger partial charge < -0.3 is 15.5 Å². The molecule has 88 valence electrons. The molecule has 0 radical (unpaired) electrons. The molecule has 0 unspecified atom stereocenters. The highest BCUT2D eigenvalue weighted by Crippen LogP contribution is 2.15. The Balaban J connectivity index is 2.73. The van der Waals surface area contributed by atoms with E-state index in [4.69, 9.17) is 5.11 Å². The van der Waals surface area contributed by atoms with Crippen LogP contribution in [0.1, 0.15) is 21.5 Å². The molecule has 0 bridgehead atoms. The molecule has 1 rings (SSSR count). The van der Waals surface area contributed by atoms with Crippen molar-refractivity contribution >= 4 is 23.2 Å². The minimum Gasteiger partial charge on any atom is -0.480 e. The number of amides is 1. The molecule has 0 spiro atoms. The number of carboxylic acid groups (broad SMARTS) is 1. The lowest BCUT2D eigenvalue weighted by Crippen LogP contribution is -2.47. The number of nitrogens with one attached hydrogen (secondary N) is 1. The Morgan fingerprint density at radius 2 is 2.06 bits per heavy atom. The molecule has 0 saturated carbocycles. The van der Waals surface area contributed by atoms with Gasteiger partial charge in [-0.2, -0.15) is 0 Å². The first-order chi connectivity index (χ1) is 7.41. The molecule has 0 fully saturated rings. The van der Waals surface area contributed by atoms with Crippen LogP contribution >= 0.6 is 11.3 Å². The van der Waals surface area contributed by atoms with Crippen LogP contribution in [0.3, 0.4) is 0 Å². The van der Waals surface area contributed by atoms with Crippen LogP contribution < -0.4 is 5.32 Å². The van der Waals surface area contributed by atoms with E-state index >= 15 is 0 Å². The number of rotatable bonds is 4. The van der Waals surface area contributed by atoms with E-state index in [0.29, 0.717) is 4.88 Å². The molecule has 0 saturated heterocycles. The first-order valence-corrected chi connectivity index (χ1v) is 5.51. The standard InChI is InChI=1S/C10H13NO4S/c1-5-3-4-7(16-5)9(13)11-8(6(2)12)10(14)15/h3-4,6,8,12H,1-2H3,(H,11,13)(H,14,15)/t6-,8+/m1/s1. The summed E-state index contributed by atoms with van der Waals surface area (Å²) in [7, 11) is 0. The van der Waals surface area contributed by atoms with Gasteiger partial charge >= 0.3 is 5.97 Å². The van der Waals surface area contributed by atoms with Gasteiger partial charge in [-0.1, -0.05) is 0 Å². The molecule has 2 atom stereocenters. The number of carbonyl (C=O) groups is 2. The molecule has 5 nitrogen and oxygen atoms in total. The molecule has 0 aliphatic carbocycles. The number of aryl methyl sites for hydroxylation is 1. The number of carbonyl (C=O) groups excluding carboxylic acids is 1. The minimum atomic E-state index is -1.28. The Labute approximate surface area is 96.7 Å². The van der Waals surface area contributed by atoms with E-state index in [-0.39, 0.29) is 0 Å². The van der Waals surface area contributed by atoms with Crippen molar-refractivity contribution in [3.05, 3.63) is 21.9 Å². The average molecular weight is 243 g/mol. The van der Waals surface area contributed by atoms with Gasteiger partial charge in [0.2, 0.25) is 0 Å². The van der Waals surface area contributed by atoms with Gasteiger partial charge in [-0.25, -0.2) is 4.79 Å². The maximum absolute atomic E-state index is 11.6. The van der Waals surface area contributed by atoms with Crippen molar-refractivity contribution in [1.82, 2.24) is 5.32 Å². The van der Waals surface area contributed by atoms with E-state index in [1.165, 1.54) is 18.3 Å². The van der Waals surface area contributed by atoms with Crippen LogP contribution in [-0.4, -0.2) is 34.2 Å². The predicted molar refractivity (Wildman–Crippen MR) is 59.6 cm³/mol. The van der Waals surface area contributed by atoms with Crippen molar-refractivity contribution in [2.45, 2.75) is 26.0 Å². The summed E-state index contributed by atoms with van der Waals surface area (Å²) in [5.41, 5.74) is 0. The number of carboxylic acids is 1. The van der Waals surface area contributed by atoms with E-state index < -0.39 is 24.0 Å². The second-order valence-electron chi connectivity index (χ2n) is 3.44. The number of thiophene rings is 1. The second kappa shape index (κ2) is 5.09. The average Bonchev–Trinajstić information content (AvgIpc) is 2.59. The van der Waals surface area contributed by atoms with Crippen LogP contribution in [0.5, 0.6) is 0 Å². The summed E-state index contributed by atoms with van der Waals surface area (Å²) in [4.78, 5) is 23.7. The van der Waals surface area contributed by atoms with Gasteiger partial charge in [0.25, 0.3) is 5.91 Å². The van der Waals surface area contributed by atoms with Gasteiger partial charge in [0.05, 0.1) is 11.0 Å². The third-order valence-electron chi connectivity index (χ3n) is 2.00. The fourth-order valence-corrected chi connectivity index (χ4v) is 1.93. The number of hydrogen-bond donors (Lipinski definition) is 3. The lowest BCUT2D eigenvalue weighted by Gasteiger charge is -2.16. The largest absolute Gasteiger partial charge is 0.480 e. The highest BCUT2D eigenvalue weighted by atomic mass is 32.1. The quantitative estimate of drug-likeness (QED) is 0.723. The number of hydrogen-bond acceptors (Lipinski definition) is 4. The predicted octanol–water partition coefficient (Wildman–Crippen LogP) is 0.620. The lowest BCUT2D eigenvalue weighted by molar-refractivity contribution is -0.141. The summed E-state index contributed by atoms with van der Waals surface area (Å²) in [6, 6.07) is 2.11.